The van der Waals surface area contributed by atoms with Crippen molar-refractivity contribution in [3.63, 3.8) is 0 Å². The van der Waals surface area contributed by atoms with Gasteiger partial charge in [-0.2, -0.15) is 0 Å². The van der Waals surface area contributed by atoms with Crippen LogP contribution in [0.4, 0.5) is 0 Å². The number of ether oxygens (including phenoxy) is 1. The zero-order valence-corrected chi connectivity index (χ0v) is 9.93. The van der Waals surface area contributed by atoms with Gasteiger partial charge in [0.05, 0.1) is 6.61 Å². The molecular formula is C16H17O. The number of hydrogen-bond acceptors (Lipinski definition) is 1. The van der Waals surface area contributed by atoms with Crippen molar-refractivity contribution in [2.45, 2.75) is 12.8 Å². The monoisotopic (exact) mass is 225 g/mol. The van der Waals surface area contributed by atoms with Crippen molar-refractivity contribution in [1.82, 2.24) is 0 Å². The fraction of sp³-hybridized carbons (Fsp3) is 0.188. The van der Waals surface area contributed by atoms with E-state index in [9.17, 15) is 0 Å². The summed E-state index contributed by atoms with van der Waals surface area (Å²) in [4.78, 5) is 0. The normalized spacial score (nSPS) is 11.1. The summed E-state index contributed by atoms with van der Waals surface area (Å²) in [5.41, 5.74) is 0. The number of benzene rings is 2. The van der Waals surface area contributed by atoms with Crippen LogP contribution in [0.1, 0.15) is 12.8 Å². The Bertz CT molecular complexity index is 494. The maximum atomic E-state index is 5.81. The lowest BCUT2D eigenvalue weighted by Gasteiger charge is -2.08. The van der Waals surface area contributed by atoms with Crippen molar-refractivity contribution >= 4 is 10.8 Å². The number of hydrogen-bond donors (Lipinski definition) is 0. The van der Waals surface area contributed by atoms with Gasteiger partial charge in [0.1, 0.15) is 5.75 Å². The first-order valence-corrected chi connectivity index (χ1v) is 5.96. The summed E-state index contributed by atoms with van der Waals surface area (Å²) in [6.45, 7) is 4.41. The van der Waals surface area contributed by atoms with E-state index in [1.54, 1.807) is 0 Å². The Kier molecular flexibility index (Phi) is 4.20. The van der Waals surface area contributed by atoms with Crippen LogP contribution in [0.2, 0.25) is 0 Å². The zero-order chi connectivity index (χ0) is 11.9. The maximum Gasteiger partial charge on any atom is 0.127 e. The molecule has 0 aliphatic heterocycles. The summed E-state index contributed by atoms with van der Waals surface area (Å²) in [6.07, 6.45) is 5.94. The minimum atomic E-state index is 0.748. The van der Waals surface area contributed by atoms with E-state index in [1.165, 1.54) is 10.8 Å². The summed E-state index contributed by atoms with van der Waals surface area (Å²) in [5.74, 6) is 0.974. The van der Waals surface area contributed by atoms with Crippen molar-refractivity contribution in [3.05, 3.63) is 61.5 Å². The van der Waals surface area contributed by atoms with Crippen LogP contribution in [0.25, 0.3) is 10.8 Å². The van der Waals surface area contributed by atoms with E-state index in [2.05, 4.69) is 31.2 Å². The van der Waals surface area contributed by atoms with Gasteiger partial charge in [-0.1, -0.05) is 48.6 Å². The molecule has 0 aliphatic carbocycles. The molecular weight excluding hydrogens is 208 g/mol. The molecule has 0 saturated carbocycles. The minimum absolute atomic E-state index is 0.748. The highest BCUT2D eigenvalue weighted by molar-refractivity contribution is 5.88. The molecule has 0 heterocycles. The first kappa shape index (κ1) is 11.7. The predicted molar refractivity (Wildman–Crippen MR) is 73.2 cm³/mol. The molecule has 0 saturated heterocycles. The topological polar surface area (TPSA) is 9.23 Å². The highest BCUT2D eigenvalue weighted by Crippen LogP contribution is 2.25. The second kappa shape index (κ2) is 6.09. The average molecular weight is 225 g/mol. The second-order valence-electron chi connectivity index (χ2n) is 3.94. The van der Waals surface area contributed by atoms with Crippen LogP contribution in [-0.2, 0) is 0 Å². The lowest BCUT2D eigenvalue weighted by molar-refractivity contribution is 0.316. The molecule has 0 aromatic heterocycles. The van der Waals surface area contributed by atoms with Crippen LogP contribution in [0, 0.1) is 6.92 Å². The summed E-state index contributed by atoms with van der Waals surface area (Å²) in [7, 11) is 0. The van der Waals surface area contributed by atoms with Crippen LogP contribution in [-0.4, -0.2) is 6.61 Å². The molecule has 0 unspecified atom stereocenters. The van der Waals surface area contributed by atoms with Crippen molar-refractivity contribution in [1.29, 1.82) is 0 Å². The van der Waals surface area contributed by atoms with Crippen molar-refractivity contribution in [2.75, 3.05) is 6.61 Å². The molecule has 0 amide bonds. The lowest BCUT2D eigenvalue weighted by Crippen LogP contribution is -1.97. The van der Waals surface area contributed by atoms with Crippen molar-refractivity contribution in [2.24, 2.45) is 0 Å². The Balaban J connectivity index is 2.03. The van der Waals surface area contributed by atoms with E-state index in [-0.39, 0.29) is 0 Å². The predicted octanol–water partition coefficient (Wildman–Crippen LogP) is 4.39. The molecule has 2 rings (SSSR count). The first-order valence-electron chi connectivity index (χ1n) is 5.96. The highest BCUT2D eigenvalue weighted by Gasteiger charge is 1.99. The van der Waals surface area contributed by atoms with Gasteiger partial charge in [-0.3, -0.25) is 0 Å². The number of rotatable bonds is 5. The molecule has 1 heteroatoms. The maximum absolute atomic E-state index is 5.81. The zero-order valence-electron chi connectivity index (χ0n) is 9.93. The van der Waals surface area contributed by atoms with E-state index in [0.717, 1.165) is 25.2 Å². The van der Waals surface area contributed by atoms with Gasteiger partial charge in [0.2, 0.25) is 0 Å². The SMILES string of the molecule is [CH2]C=CCCCOc1cccc2ccccc12. The molecule has 1 nitrogen and oxygen atoms in total. The quantitative estimate of drug-likeness (QED) is 0.686. The summed E-state index contributed by atoms with van der Waals surface area (Å²) < 4.78 is 5.81. The van der Waals surface area contributed by atoms with Gasteiger partial charge < -0.3 is 4.74 Å². The van der Waals surface area contributed by atoms with E-state index in [1.807, 2.05) is 30.3 Å². The molecule has 0 aliphatic rings. The van der Waals surface area contributed by atoms with Crippen molar-refractivity contribution in [3.8, 4) is 5.75 Å². The van der Waals surface area contributed by atoms with Gasteiger partial charge in [0.25, 0.3) is 0 Å². The van der Waals surface area contributed by atoms with Gasteiger partial charge in [-0.25, -0.2) is 0 Å². The molecule has 0 spiro atoms. The van der Waals surface area contributed by atoms with E-state index in [4.69, 9.17) is 4.74 Å². The molecule has 0 fully saturated rings. The number of unbranched alkanes of at least 4 members (excludes halogenated alkanes) is 1. The Labute approximate surface area is 103 Å². The highest BCUT2D eigenvalue weighted by atomic mass is 16.5. The fourth-order valence-electron chi connectivity index (χ4n) is 1.82. The first-order chi connectivity index (χ1) is 8.42. The standard InChI is InChI=1S/C16H17O/c1-2-3-4-7-13-17-16-12-8-10-14-9-5-6-11-15(14)16/h2-3,5-6,8-12H,1,4,7,13H2. The molecule has 2 aromatic rings. The van der Waals surface area contributed by atoms with Gasteiger partial charge in [-0.05, 0) is 31.2 Å². The summed E-state index contributed by atoms with van der Waals surface area (Å²) >= 11 is 0. The molecule has 17 heavy (non-hydrogen) atoms. The largest absolute Gasteiger partial charge is 0.493 e. The minimum Gasteiger partial charge on any atom is -0.493 e. The lowest BCUT2D eigenvalue weighted by atomic mass is 10.1. The molecule has 0 bridgehead atoms. The summed E-state index contributed by atoms with van der Waals surface area (Å²) in [5, 5.41) is 2.41. The summed E-state index contributed by atoms with van der Waals surface area (Å²) in [6, 6.07) is 14.5. The second-order valence-corrected chi connectivity index (χ2v) is 3.94. The molecule has 87 valence electrons. The van der Waals surface area contributed by atoms with Crippen LogP contribution in [0.15, 0.2) is 54.6 Å². The van der Waals surface area contributed by atoms with Crippen LogP contribution in [0.3, 0.4) is 0 Å². The Morgan fingerprint density at radius 2 is 1.88 bits per heavy atom. The molecule has 2 aromatic carbocycles. The van der Waals surface area contributed by atoms with E-state index in [0.29, 0.717) is 0 Å². The third-order valence-corrected chi connectivity index (χ3v) is 2.69. The van der Waals surface area contributed by atoms with E-state index >= 15 is 0 Å². The third-order valence-electron chi connectivity index (χ3n) is 2.69. The Hall–Kier alpha value is -1.76. The Morgan fingerprint density at radius 3 is 2.76 bits per heavy atom. The van der Waals surface area contributed by atoms with Crippen LogP contribution >= 0.6 is 0 Å². The number of fused-ring (bicyclic) bond motifs is 1. The van der Waals surface area contributed by atoms with E-state index < -0.39 is 0 Å². The van der Waals surface area contributed by atoms with Gasteiger partial charge >= 0.3 is 0 Å². The van der Waals surface area contributed by atoms with Crippen molar-refractivity contribution < 1.29 is 4.74 Å². The average Bonchev–Trinajstić information content (AvgIpc) is 2.39. The molecule has 1 radical (unpaired) electrons. The van der Waals surface area contributed by atoms with Gasteiger partial charge in [0, 0.05) is 5.39 Å². The molecule has 0 atom stereocenters. The smallest absolute Gasteiger partial charge is 0.127 e. The molecule has 0 N–H and O–H groups in total. The Morgan fingerprint density at radius 1 is 1.06 bits per heavy atom. The van der Waals surface area contributed by atoms with Crippen LogP contribution in [0.5, 0.6) is 5.75 Å². The van der Waals surface area contributed by atoms with Crippen LogP contribution < -0.4 is 4.74 Å². The van der Waals surface area contributed by atoms with Gasteiger partial charge in [-0.15, -0.1) is 0 Å². The third kappa shape index (κ3) is 3.10. The fourth-order valence-corrected chi connectivity index (χ4v) is 1.82. The number of allylic oxidation sites excluding steroid dienone is 2. The van der Waals surface area contributed by atoms with Gasteiger partial charge in [0.15, 0.2) is 0 Å².